The molecular weight excluding hydrogens is 373 g/mol. The Morgan fingerprint density at radius 2 is 1.93 bits per heavy atom. The smallest absolute Gasteiger partial charge is 0.248 e. The van der Waals surface area contributed by atoms with E-state index in [0.29, 0.717) is 29.8 Å². The van der Waals surface area contributed by atoms with Crippen molar-refractivity contribution >= 4 is 35.0 Å². The average molecular weight is 390 g/mol. The van der Waals surface area contributed by atoms with Crippen LogP contribution in [0.4, 0.5) is 10.1 Å². The summed E-state index contributed by atoms with van der Waals surface area (Å²) in [4.78, 5) is 37.6. The molecule has 3 rings (SSSR count). The number of benzene rings is 2. The van der Waals surface area contributed by atoms with E-state index < -0.39 is 23.5 Å². The number of anilines is 1. The summed E-state index contributed by atoms with van der Waals surface area (Å²) in [6, 6.07) is 10.3. The van der Waals surface area contributed by atoms with Gasteiger partial charge in [-0.05, 0) is 54.4 Å². The minimum Gasteiger partial charge on any atom is -0.366 e. The highest BCUT2D eigenvalue weighted by atomic mass is 35.5. The number of hydrogen-bond acceptors (Lipinski definition) is 3. The van der Waals surface area contributed by atoms with Crippen LogP contribution in [0.25, 0.3) is 0 Å². The van der Waals surface area contributed by atoms with Gasteiger partial charge in [-0.25, -0.2) is 4.39 Å². The normalized spacial score (nSPS) is 16.4. The minimum atomic E-state index is -0.815. The molecule has 1 saturated heterocycles. The van der Waals surface area contributed by atoms with Gasteiger partial charge in [-0.3, -0.25) is 14.4 Å². The summed E-state index contributed by atoms with van der Waals surface area (Å²) in [6.45, 7) is 0.464. The van der Waals surface area contributed by atoms with Crippen molar-refractivity contribution in [1.29, 1.82) is 0 Å². The van der Waals surface area contributed by atoms with Gasteiger partial charge in [0.15, 0.2) is 0 Å². The van der Waals surface area contributed by atoms with Crippen LogP contribution in [0.15, 0.2) is 42.5 Å². The van der Waals surface area contributed by atoms with E-state index in [1.165, 1.54) is 29.2 Å². The van der Waals surface area contributed by atoms with Crippen molar-refractivity contribution in [3.63, 3.8) is 0 Å². The third-order valence-electron chi connectivity index (χ3n) is 4.37. The van der Waals surface area contributed by atoms with Crippen molar-refractivity contribution in [1.82, 2.24) is 5.32 Å². The highest BCUT2D eigenvalue weighted by molar-refractivity contribution is 6.30. The van der Waals surface area contributed by atoms with E-state index in [1.54, 1.807) is 18.2 Å². The predicted molar refractivity (Wildman–Crippen MR) is 98.7 cm³/mol. The Labute approximate surface area is 160 Å². The Balaban J connectivity index is 1.63. The van der Waals surface area contributed by atoms with Gasteiger partial charge < -0.3 is 16.0 Å². The van der Waals surface area contributed by atoms with Crippen molar-refractivity contribution in [3.8, 4) is 0 Å². The van der Waals surface area contributed by atoms with Crippen LogP contribution in [-0.2, 0) is 16.1 Å². The summed E-state index contributed by atoms with van der Waals surface area (Å²) in [5.74, 6) is -2.60. The predicted octanol–water partition coefficient (Wildman–Crippen LogP) is 2.25. The van der Waals surface area contributed by atoms with Crippen molar-refractivity contribution in [2.24, 2.45) is 11.7 Å². The number of amides is 3. The van der Waals surface area contributed by atoms with Gasteiger partial charge in [-0.2, -0.15) is 0 Å². The molecule has 0 saturated carbocycles. The molecule has 2 aromatic rings. The molecule has 27 heavy (non-hydrogen) atoms. The number of carbonyl (C=O) groups is 3. The van der Waals surface area contributed by atoms with E-state index in [-0.39, 0.29) is 17.5 Å². The van der Waals surface area contributed by atoms with Crippen molar-refractivity contribution in [2.45, 2.75) is 13.0 Å². The van der Waals surface area contributed by atoms with E-state index in [1.807, 2.05) is 0 Å². The van der Waals surface area contributed by atoms with Crippen molar-refractivity contribution in [3.05, 3.63) is 64.4 Å². The molecule has 3 amide bonds. The van der Waals surface area contributed by atoms with Crippen LogP contribution in [-0.4, -0.2) is 24.3 Å². The van der Waals surface area contributed by atoms with E-state index in [0.717, 1.165) is 0 Å². The average Bonchev–Trinajstić information content (AvgIpc) is 3.00. The molecular formula is C19H17ClFN3O3. The molecule has 3 N–H and O–H groups in total. The molecule has 0 bridgehead atoms. The maximum atomic E-state index is 13.3. The molecule has 140 valence electrons. The fraction of sp³-hybridized carbons (Fsp3) is 0.211. The largest absolute Gasteiger partial charge is 0.366 e. The second-order valence-electron chi connectivity index (χ2n) is 6.24. The van der Waals surface area contributed by atoms with E-state index in [9.17, 15) is 18.8 Å². The Bertz CT molecular complexity index is 881. The number of nitrogens with two attached hydrogens (primary N) is 1. The van der Waals surface area contributed by atoms with Crippen LogP contribution in [0.3, 0.4) is 0 Å². The lowest BCUT2D eigenvalue weighted by Crippen LogP contribution is -2.36. The molecule has 8 heteroatoms. The molecule has 1 heterocycles. The molecule has 0 radical (unpaired) electrons. The van der Waals surface area contributed by atoms with Crippen LogP contribution in [0, 0.1) is 11.7 Å². The molecule has 1 aliphatic heterocycles. The summed E-state index contributed by atoms with van der Waals surface area (Å²) in [5, 5.41) is 2.89. The van der Waals surface area contributed by atoms with Gasteiger partial charge in [0.2, 0.25) is 17.7 Å². The molecule has 0 aromatic heterocycles. The van der Waals surface area contributed by atoms with Crippen molar-refractivity contribution < 1.29 is 18.8 Å². The fourth-order valence-corrected chi connectivity index (χ4v) is 3.25. The Morgan fingerprint density at radius 3 is 2.56 bits per heavy atom. The maximum Gasteiger partial charge on any atom is 0.248 e. The topological polar surface area (TPSA) is 92.5 Å². The Morgan fingerprint density at radius 1 is 1.22 bits per heavy atom. The van der Waals surface area contributed by atoms with Gasteiger partial charge in [0.1, 0.15) is 11.7 Å². The maximum absolute atomic E-state index is 13.3. The van der Waals surface area contributed by atoms with E-state index >= 15 is 0 Å². The lowest BCUT2D eigenvalue weighted by atomic mass is 10.1. The number of primary amides is 1. The van der Waals surface area contributed by atoms with Gasteiger partial charge in [0.25, 0.3) is 0 Å². The second kappa shape index (κ2) is 7.75. The molecule has 1 aliphatic rings. The molecule has 1 fully saturated rings. The third-order valence-corrected chi connectivity index (χ3v) is 4.59. The first kappa shape index (κ1) is 18.8. The fourth-order valence-electron chi connectivity index (χ4n) is 3.01. The first-order valence-electron chi connectivity index (χ1n) is 8.29. The first-order valence-corrected chi connectivity index (χ1v) is 8.67. The number of nitrogens with one attached hydrogen (secondary N) is 1. The van der Waals surface area contributed by atoms with Gasteiger partial charge in [-0.1, -0.05) is 11.6 Å². The molecule has 0 aliphatic carbocycles. The first-order chi connectivity index (χ1) is 12.8. The number of halogens is 2. The van der Waals surface area contributed by atoms with Crippen LogP contribution in [0.1, 0.15) is 22.3 Å². The van der Waals surface area contributed by atoms with Crippen LogP contribution < -0.4 is 16.0 Å². The number of hydrogen-bond donors (Lipinski definition) is 2. The lowest BCUT2D eigenvalue weighted by Gasteiger charge is -2.17. The zero-order chi connectivity index (χ0) is 19.6. The number of nitrogens with zero attached hydrogens (tertiary/aromatic N) is 1. The highest BCUT2D eigenvalue weighted by Crippen LogP contribution is 2.26. The standard InChI is InChI=1S/C19H17ClFN3O3/c20-13-7-11(8-14(21)9-13)10-23-18(26)16-5-6-24(19(16)27)15-3-1-12(2-4-15)17(22)25/h1-4,7-9,16H,5-6,10H2,(H2,22,25)(H,23,26). The van der Waals surface area contributed by atoms with Gasteiger partial charge in [-0.15, -0.1) is 0 Å². The minimum absolute atomic E-state index is 0.0768. The third kappa shape index (κ3) is 4.25. The quantitative estimate of drug-likeness (QED) is 0.768. The summed E-state index contributed by atoms with van der Waals surface area (Å²) in [6.07, 6.45) is 0.367. The van der Waals surface area contributed by atoms with Crippen LogP contribution in [0.2, 0.25) is 5.02 Å². The SMILES string of the molecule is NC(=O)c1ccc(N2CCC(C(=O)NCc3cc(F)cc(Cl)c3)C2=O)cc1. The van der Waals surface area contributed by atoms with E-state index in [2.05, 4.69) is 5.32 Å². The molecule has 0 spiro atoms. The molecule has 2 aromatic carbocycles. The summed E-state index contributed by atoms with van der Waals surface area (Å²) < 4.78 is 13.3. The lowest BCUT2D eigenvalue weighted by molar-refractivity contribution is -0.132. The number of carbonyl (C=O) groups excluding carboxylic acids is 3. The zero-order valence-corrected chi connectivity index (χ0v) is 15.0. The van der Waals surface area contributed by atoms with Crippen LogP contribution in [0.5, 0.6) is 0 Å². The van der Waals surface area contributed by atoms with E-state index in [4.69, 9.17) is 17.3 Å². The van der Waals surface area contributed by atoms with Crippen molar-refractivity contribution in [2.75, 3.05) is 11.4 Å². The van der Waals surface area contributed by atoms with Gasteiger partial charge >= 0.3 is 0 Å². The Hall–Kier alpha value is -2.93. The Kier molecular flexibility index (Phi) is 5.41. The molecule has 1 atom stereocenters. The summed E-state index contributed by atoms with van der Waals surface area (Å²) in [7, 11) is 0. The van der Waals surface area contributed by atoms with Gasteiger partial charge in [0, 0.05) is 29.4 Å². The summed E-state index contributed by atoms with van der Waals surface area (Å²) in [5.41, 5.74) is 6.65. The highest BCUT2D eigenvalue weighted by Gasteiger charge is 2.37. The van der Waals surface area contributed by atoms with Gasteiger partial charge in [0.05, 0.1) is 0 Å². The zero-order valence-electron chi connectivity index (χ0n) is 14.2. The van der Waals surface area contributed by atoms with Crippen LogP contribution >= 0.6 is 11.6 Å². The number of rotatable bonds is 5. The monoisotopic (exact) mass is 389 g/mol. The summed E-state index contributed by atoms with van der Waals surface area (Å²) >= 11 is 5.79. The molecule has 6 nitrogen and oxygen atoms in total. The second-order valence-corrected chi connectivity index (χ2v) is 6.67. The molecule has 1 unspecified atom stereocenters.